The molecule has 0 atom stereocenters. The Morgan fingerprint density at radius 3 is 2.61 bits per heavy atom. The number of aliphatic hydroxyl groups excluding tert-OH is 1. The number of likely N-dealkylation sites (tertiary alicyclic amines) is 1. The predicted octanol–water partition coefficient (Wildman–Crippen LogP) is 1.84. The van der Waals surface area contributed by atoms with Crippen LogP contribution >= 0.6 is 0 Å². The monoisotopic (exact) mass is 386 g/mol. The van der Waals surface area contributed by atoms with Gasteiger partial charge in [-0.1, -0.05) is 18.2 Å². The van der Waals surface area contributed by atoms with Crippen molar-refractivity contribution in [1.82, 2.24) is 14.7 Å². The summed E-state index contributed by atoms with van der Waals surface area (Å²) in [5, 5.41) is 16.2. The average Bonchev–Trinajstić information content (AvgIpc) is 3.17. The van der Waals surface area contributed by atoms with Crippen molar-refractivity contribution < 1.29 is 19.4 Å². The van der Waals surface area contributed by atoms with Crippen LogP contribution in [0.25, 0.3) is 0 Å². The maximum absolute atomic E-state index is 12.2. The number of carbonyl (C=O) groups excluding carboxylic acids is 2. The first kappa shape index (κ1) is 19.9. The lowest BCUT2D eigenvalue weighted by Crippen LogP contribution is -2.39. The van der Waals surface area contributed by atoms with Crippen LogP contribution in [0.3, 0.4) is 0 Å². The van der Waals surface area contributed by atoms with Gasteiger partial charge in [-0.2, -0.15) is 5.10 Å². The van der Waals surface area contributed by atoms with E-state index in [-0.39, 0.29) is 37.3 Å². The Balaban J connectivity index is 1.47. The number of aliphatic hydroxyl groups is 1. The minimum absolute atomic E-state index is 0.0200. The van der Waals surface area contributed by atoms with Gasteiger partial charge in [-0.15, -0.1) is 0 Å². The zero-order chi connectivity index (χ0) is 19.8. The highest BCUT2D eigenvalue weighted by atomic mass is 16.5. The highest BCUT2D eigenvalue weighted by Crippen LogP contribution is 2.25. The van der Waals surface area contributed by atoms with Crippen LogP contribution in [0.4, 0.5) is 5.82 Å². The van der Waals surface area contributed by atoms with Crippen LogP contribution in [0.1, 0.15) is 31.7 Å². The normalized spacial score (nSPS) is 14.7. The van der Waals surface area contributed by atoms with E-state index < -0.39 is 0 Å². The number of nitrogens with one attached hydrogen (secondary N) is 1. The lowest BCUT2D eigenvalue weighted by molar-refractivity contribution is -0.133. The van der Waals surface area contributed by atoms with E-state index in [0.29, 0.717) is 25.5 Å². The number of para-hydroxylation sites is 1. The molecular weight excluding hydrogens is 360 g/mol. The van der Waals surface area contributed by atoms with Crippen molar-refractivity contribution in [3.63, 3.8) is 0 Å². The maximum Gasteiger partial charge on any atom is 0.228 e. The Kier molecular flexibility index (Phi) is 7.02. The Bertz CT molecular complexity index is 770. The third kappa shape index (κ3) is 5.32. The van der Waals surface area contributed by atoms with Crippen molar-refractivity contribution in [2.45, 2.75) is 31.7 Å². The minimum Gasteiger partial charge on any atom is -0.493 e. The van der Waals surface area contributed by atoms with Gasteiger partial charge in [0.15, 0.2) is 0 Å². The van der Waals surface area contributed by atoms with Gasteiger partial charge in [-0.3, -0.25) is 9.59 Å². The fourth-order valence-electron chi connectivity index (χ4n) is 3.30. The fraction of sp³-hybridized carbons (Fsp3) is 0.450. The number of anilines is 1. The highest BCUT2D eigenvalue weighted by molar-refractivity contribution is 5.89. The molecule has 1 aliphatic rings. The van der Waals surface area contributed by atoms with Gasteiger partial charge in [0.2, 0.25) is 11.8 Å². The fourth-order valence-corrected chi connectivity index (χ4v) is 3.30. The number of hydrogen-bond acceptors (Lipinski definition) is 5. The molecular formula is C20H26N4O4. The highest BCUT2D eigenvalue weighted by Gasteiger charge is 2.25. The molecule has 2 N–H and O–H groups in total. The lowest BCUT2D eigenvalue weighted by atomic mass is 10.0. The third-order valence-electron chi connectivity index (χ3n) is 4.77. The molecule has 150 valence electrons. The topological polar surface area (TPSA) is 96.7 Å². The largest absolute Gasteiger partial charge is 0.493 e. The molecule has 3 rings (SSSR count). The number of aromatic nitrogens is 2. The van der Waals surface area contributed by atoms with E-state index in [4.69, 9.17) is 9.84 Å². The minimum atomic E-state index is -0.131. The SMILES string of the molecule is O=C(CCOc1ccccc1)Nc1ccnn1C1CCN(C(=O)CCO)CC1. The van der Waals surface area contributed by atoms with Gasteiger partial charge in [0.25, 0.3) is 0 Å². The van der Waals surface area contributed by atoms with Crippen LogP contribution in [-0.4, -0.2) is 57.9 Å². The van der Waals surface area contributed by atoms with E-state index in [9.17, 15) is 9.59 Å². The van der Waals surface area contributed by atoms with E-state index in [0.717, 1.165) is 18.6 Å². The molecule has 0 bridgehead atoms. The maximum atomic E-state index is 12.2. The van der Waals surface area contributed by atoms with Crippen LogP contribution in [-0.2, 0) is 9.59 Å². The molecule has 0 unspecified atom stereocenters. The van der Waals surface area contributed by atoms with E-state index in [2.05, 4.69) is 10.4 Å². The molecule has 0 radical (unpaired) electrons. The van der Waals surface area contributed by atoms with Gasteiger partial charge in [0.1, 0.15) is 11.6 Å². The summed E-state index contributed by atoms with van der Waals surface area (Å²) in [6, 6.07) is 11.3. The van der Waals surface area contributed by atoms with Crippen molar-refractivity contribution in [3.05, 3.63) is 42.6 Å². The van der Waals surface area contributed by atoms with Crippen molar-refractivity contribution >= 4 is 17.6 Å². The molecule has 8 heteroatoms. The quantitative estimate of drug-likeness (QED) is 0.722. The summed E-state index contributed by atoms with van der Waals surface area (Å²) in [4.78, 5) is 25.9. The number of rotatable bonds is 8. The van der Waals surface area contributed by atoms with Crippen LogP contribution in [0.15, 0.2) is 42.6 Å². The summed E-state index contributed by atoms with van der Waals surface area (Å²) in [6.07, 6.45) is 3.60. The molecule has 1 saturated heterocycles. The number of nitrogens with zero attached hydrogens (tertiary/aromatic N) is 3. The van der Waals surface area contributed by atoms with Crippen molar-refractivity contribution in [2.24, 2.45) is 0 Å². The first-order valence-corrected chi connectivity index (χ1v) is 9.57. The molecule has 1 aliphatic heterocycles. The van der Waals surface area contributed by atoms with Gasteiger partial charge >= 0.3 is 0 Å². The lowest BCUT2D eigenvalue weighted by Gasteiger charge is -2.32. The van der Waals surface area contributed by atoms with Crippen LogP contribution in [0.5, 0.6) is 5.75 Å². The molecule has 1 aromatic heterocycles. The first-order valence-electron chi connectivity index (χ1n) is 9.57. The number of benzene rings is 1. The van der Waals surface area contributed by atoms with E-state index >= 15 is 0 Å². The van der Waals surface area contributed by atoms with Crippen LogP contribution in [0, 0.1) is 0 Å². The second-order valence-electron chi connectivity index (χ2n) is 6.71. The summed E-state index contributed by atoms with van der Waals surface area (Å²) in [6.45, 7) is 1.43. The second-order valence-corrected chi connectivity index (χ2v) is 6.71. The number of amides is 2. The van der Waals surface area contributed by atoms with E-state index in [1.807, 2.05) is 35.0 Å². The van der Waals surface area contributed by atoms with Gasteiger partial charge in [-0.05, 0) is 25.0 Å². The van der Waals surface area contributed by atoms with Crippen molar-refractivity contribution in [1.29, 1.82) is 0 Å². The molecule has 2 aromatic rings. The standard InChI is InChI=1S/C20H26N4O4/c25-14-9-20(27)23-12-7-16(8-13-23)24-18(6-11-21-24)22-19(26)10-15-28-17-4-2-1-3-5-17/h1-6,11,16,25H,7-10,12-15H2,(H,22,26). The van der Waals surface area contributed by atoms with E-state index in [1.165, 1.54) is 0 Å². The molecule has 0 saturated carbocycles. The molecule has 2 heterocycles. The van der Waals surface area contributed by atoms with Crippen molar-refractivity contribution in [2.75, 3.05) is 31.6 Å². The summed E-state index contributed by atoms with van der Waals surface area (Å²) < 4.78 is 7.38. The summed E-state index contributed by atoms with van der Waals surface area (Å²) in [5.41, 5.74) is 0. The van der Waals surface area contributed by atoms with E-state index in [1.54, 1.807) is 17.2 Å². The zero-order valence-electron chi connectivity index (χ0n) is 15.8. The number of hydrogen-bond donors (Lipinski definition) is 2. The Hall–Kier alpha value is -2.87. The van der Waals surface area contributed by atoms with Crippen LogP contribution in [0.2, 0.25) is 0 Å². The zero-order valence-corrected chi connectivity index (χ0v) is 15.8. The molecule has 0 spiro atoms. The van der Waals surface area contributed by atoms with Gasteiger partial charge in [0, 0.05) is 25.6 Å². The first-order chi connectivity index (χ1) is 13.7. The third-order valence-corrected chi connectivity index (χ3v) is 4.77. The number of carbonyl (C=O) groups is 2. The van der Waals surface area contributed by atoms with Gasteiger partial charge in [-0.25, -0.2) is 4.68 Å². The molecule has 0 aliphatic carbocycles. The number of piperidine rings is 1. The summed E-state index contributed by atoms with van der Waals surface area (Å²) in [7, 11) is 0. The smallest absolute Gasteiger partial charge is 0.228 e. The Morgan fingerprint density at radius 1 is 1.14 bits per heavy atom. The molecule has 8 nitrogen and oxygen atoms in total. The molecule has 28 heavy (non-hydrogen) atoms. The second kappa shape index (κ2) is 9.89. The Labute approximate surface area is 164 Å². The molecule has 1 aromatic carbocycles. The molecule has 1 fully saturated rings. The predicted molar refractivity (Wildman–Crippen MR) is 104 cm³/mol. The van der Waals surface area contributed by atoms with Gasteiger partial charge in [0.05, 0.1) is 31.9 Å². The van der Waals surface area contributed by atoms with Crippen LogP contribution < -0.4 is 10.1 Å². The molecule has 2 amide bonds. The number of ether oxygens (including phenoxy) is 1. The van der Waals surface area contributed by atoms with Gasteiger partial charge < -0.3 is 20.1 Å². The Morgan fingerprint density at radius 2 is 1.89 bits per heavy atom. The summed E-state index contributed by atoms with van der Waals surface area (Å²) >= 11 is 0. The average molecular weight is 386 g/mol. The summed E-state index contributed by atoms with van der Waals surface area (Å²) in [5.74, 6) is 1.24. The van der Waals surface area contributed by atoms with Crippen molar-refractivity contribution in [3.8, 4) is 5.75 Å².